The Morgan fingerprint density at radius 3 is 2.42 bits per heavy atom. The Morgan fingerprint density at radius 1 is 1.19 bits per heavy atom. The van der Waals surface area contributed by atoms with Crippen LogP contribution in [0.2, 0.25) is 0 Å². The van der Waals surface area contributed by atoms with Crippen LogP contribution in [-0.4, -0.2) is 30.8 Å². The number of benzene rings is 1. The highest BCUT2D eigenvalue weighted by molar-refractivity contribution is 7.90. The fourth-order valence-electron chi connectivity index (χ4n) is 3.01. The number of rotatable bonds is 4. The highest BCUT2D eigenvalue weighted by atomic mass is 32.2. The maximum atomic E-state index is 15.2. The number of aromatic nitrogens is 1. The molecule has 1 aliphatic rings. The Balaban J connectivity index is 1.69. The van der Waals surface area contributed by atoms with Crippen LogP contribution in [0, 0.1) is 18.3 Å². The first-order valence-corrected chi connectivity index (χ1v) is 9.67. The van der Waals surface area contributed by atoms with Crippen LogP contribution in [0.1, 0.15) is 29.7 Å². The van der Waals surface area contributed by atoms with E-state index in [4.69, 9.17) is 5.26 Å². The van der Waals surface area contributed by atoms with E-state index in [1.807, 2.05) is 6.07 Å². The van der Waals surface area contributed by atoms with E-state index in [0.29, 0.717) is 16.8 Å². The number of alkyl halides is 1. The first kappa shape index (κ1) is 18.3. The van der Waals surface area contributed by atoms with Crippen molar-refractivity contribution in [2.45, 2.75) is 25.4 Å². The Kier molecular flexibility index (Phi) is 4.94. The fraction of sp³-hybridized carbons (Fsp3) is 0.333. The van der Waals surface area contributed by atoms with Crippen LogP contribution < -0.4 is 4.72 Å². The number of anilines is 1. The summed E-state index contributed by atoms with van der Waals surface area (Å²) in [6, 6.07) is 13.4. The molecular formula is C18H19FN4O2S. The molecule has 1 aromatic carbocycles. The third-order valence-electron chi connectivity index (χ3n) is 4.51. The summed E-state index contributed by atoms with van der Waals surface area (Å²) in [5, 5.41) is 8.84. The van der Waals surface area contributed by atoms with Crippen molar-refractivity contribution in [1.29, 1.82) is 5.26 Å². The predicted octanol–water partition coefficient (Wildman–Crippen LogP) is 2.88. The van der Waals surface area contributed by atoms with Crippen molar-refractivity contribution in [2.24, 2.45) is 0 Å². The lowest BCUT2D eigenvalue weighted by molar-refractivity contribution is 0.0872. The van der Waals surface area contributed by atoms with E-state index in [1.165, 1.54) is 4.31 Å². The molecular weight excluding hydrogens is 355 g/mol. The van der Waals surface area contributed by atoms with Crippen LogP contribution in [-0.2, 0) is 15.9 Å². The van der Waals surface area contributed by atoms with Gasteiger partial charge in [0.15, 0.2) is 0 Å². The van der Waals surface area contributed by atoms with Gasteiger partial charge in [-0.25, -0.2) is 9.37 Å². The molecule has 1 N–H and O–H groups in total. The van der Waals surface area contributed by atoms with Gasteiger partial charge in [-0.15, -0.1) is 0 Å². The van der Waals surface area contributed by atoms with E-state index in [0.717, 1.165) is 0 Å². The summed E-state index contributed by atoms with van der Waals surface area (Å²) in [4.78, 5) is 4.13. The molecule has 0 aliphatic carbocycles. The summed E-state index contributed by atoms with van der Waals surface area (Å²) in [5.41, 5.74) is 0.0446. The van der Waals surface area contributed by atoms with E-state index in [9.17, 15) is 8.42 Å². The molecule has 1 aliphatic heterocycles. The summed E-state index contributed by atoms with van der Waals surface area (Å²) in [5.74, 6) is 0.245. The van der Waals surface area contributed by atoms with Crippen LogP contribution in [0.15, 0.2) is 42.5 Å². The van der Waals surface area contributed by atoms with Crippen LogP contribution in [0.3, 0.4) is 0 Å². The average Bonchev–Trinajstić information content (AvgIpc) is 2.62. The minimum atomic E-state index is -3.79. The van der Waals surface area contributed by atoms with E-state index < -0.39 is 15.9 Å². The molecule has 2 aromatic rings. The molecule has 6 nitrogen and oxygen atoms in total. The number of hydrogen-bond acceptors (Lipinski definition) is 4. The van der Waals surface area contributed by atoms with Crippen molar-refractivity contribution in [1.82, 2.24) is 9.29 Å². The van der Waals surface area contributed by atoms with Crippen molar-refractivity contribution in [3.63, 3.8) is 0 Å². The molecule has 2 heterocycles. The lowest BCUT2D eigenvalue weighted by Gasteiger charge is -2.35. The molecule has 0 amide bonds. The first-order valence-electron chi connectivity index (χ1n) is 8.23. The van der Waals surface area contributed by atoms with Crippen molar-refractivity contribution in [3.05, 3.63) is 59.3 Å². The maximum absolute atomic E-state index is 15.2. The van der Waals surface area contributed by atoms with Crippen molar-refractivity contribution in [3.8, 4) is 6.07 Å². The van der Waals surface area contributed by atoms with Crippen molar-refractivity contribution >= 4 is 16.0 Å². The third-order valence-corrected chi connectivity index (χ3v) is 6.02. The lowest BCUT2D eigenvalue weighted by Crippen LogP contribution is -2.45. The van der Waals surface area contributed by atoms with E-state index in [2.05, 4.69) is 9.71 Å². The molecule has 0 unspecified atom stereocenters. The lowest BCUT2D eigenvalue weighted by atomic mass is 9.86. The van der Waals surface area contributed by atoms with Gasteiger partial charge in [-0.3, -0.25) is 4.72 Å². The average molecular weight is 374 g/mol. The molecule has 26 heavy (non-hydrogen) atoms. The second-order valence-electron chi connectivity index (χ2n) is 6.32. The highest BCUT2D eigenvalue weighted by Crippen LogP contribution is 2.37. The Morgan fingerprint density at radius 2 is 1.85 bits per heavy atom. The van der Waals surface area contributed by atoms with Gasteiger partial charge in [0.25, 0.3) is 0 Å². The zero-order valence-corrected chi connectivity index (χ0v) is 15.1. The summed E-state index contributed by atoms with van der Waals surface area (Å²) in [6.07, 6.45) is 0.113. The van der Waals surface area contributed by atoms with E-state index in [-0.39, 0.29) is 31.7 Å². The number of halogens is 1. The number of pyridine rings is 1. The molecule has 0 radical (unpaired) electrons. The van der Waals surface area contributed by atoms with Gasteiger partial charge in [0.05, 0.1) is 11.6 Å². The topological polar surface area (TPSA) is 86.1 Å². The number of nitrogens with one attached hydrogen (secondary N) is 1. The van der Waals surface area contributed by atoms with Crippen LogP contribution >= 0.6 is 0 Å². The molecule has 136 valence electrons. The summed E-state index contributed by atoms with van der Waals surface area (Å²) >= 11 is 0. The minimum absolute atomic E-state index is 0.0566. The second-order valence-corrected chi connectivity index (χ2v) is 8.00. The molecule has 0 spiro atoms. The molecule has 3 rings (SSSR count). The van der Waals surface area contributed by atoms with Crippen molar-refractivity contribution in [2.75, 3.05) is 17.8 Å². The normalized spacial score (nSPS) is 17.4. The summed E-state index contributed by atoms with van der Waals surface area (Å²) < 4.78 is 43.9. The van der Waals surface area contributed by atoms with Gasteiger partial charge in [0, 0.05) is 18.8 Å². The number of piperidine rings is 1. The molecule has 1 saturated heterocycles. The molecule has 0 bridgehead atoms. The summed E-state index contributed by atoms with van der Waals surface area (Å²) in [6.45, 7) is 1.91. The largest absolute Gasteiger partial charge is 0.302 e. The second kappa shape index (κ2) is 7.02. The Labute approximate surface area is 152 Å². The monoisotopic (exact) mass is 374 g/mol. The van der Waals surface area contributed by atoms with Gasteiger partial charge in [-0.2, -0.15) is 18.0 Å². The maximum Gasteiger partial charge on any atom is 0.302 e. The standard InChI is InChI=1S/C18H19FN4O2S/c1-14-3-2-4-17(21-14)22-26(24,25)23-11-9-18(19,10-12-23)16-7-5-15(13-20)6-8-16/h2-8H,9-12H2,1H3,(H,21,22). The van der Waals surface area contributed by atoms with E-state index in [1.54, 1.807) is 49.4 Å². The molecule has 1 fully saturated rings. The number of nitriles is 1. The van der Waals surface area contributed by atoms with Gasteiger partial charge in [-0.1, -0.05) is 18.2 Å². The first-order chi connectivity index (χ1) is 12.3. The Bertz CT molecular complexity index is 930. The zero-order valence-electron chi connectivity index (χ0n) is 14.3. The van der Waals surface area contributed by atoms with Crippen LogP contribution in [0.4, 0.5) is 10.2 Å². The van der Waals surface area contributed by atoms with Gasteiger partial charge in [0.2, 0.25) is 0 Å². The van der Waals surface area contributed by atoms with Gasteiger partial charge in [-0.05, 0) is 49.6 Å². The van der Waals surface area contributed by atoms with Crippen LogP contribution in [0.25, 0.3) is 0 Å². The SMILES string of the molecule is Cc1cccc(NS(=O)(=O)N2CCC(F)(c3ccc(C#N)cc3)CC2)n1. The van der Waals surface area contributed by atoms with E-state index >= 15 is 4.39 Å². The smallest absolute Gasteiger partial charge is 0.254 e. The third kappa shape index (κ3) is 3.84. The van der Waals surface area contributed by atoms with Gasteiger partial charge >= 0.3 is 10.2 Å². The minimum Gasteiger partial charge on any atom is -0.254 e. The number of nitrogens with zero attached hydrogens (tertiary/aromatic N) is 3. The fourth-order valence-corrected chi connectivity index (χ4v) is 4.18. The number of hydrogen-bond donors (Lipinski definition) is 1. The van der Waals surface area contributed by atoms with Crippen molar-refractivity contribution < 1.29 is 12.8 Å². The molecule has 1 aromatic heterocycles. The summed E-state index contributed by atoms with van der Waals surface area (Å²) in [7, 11) is -3.79. The van der Waals surface area contributed by atoms with Gasteiger partial charge < -0.3 is 0 Å². The predicted molar refractivity (Wildman–Crippen MR) is 96.3 cm³/mol. The zero-order chi connectivity index (χ0) is 18.8. The van der Waals surface area contributed by atoms with Crippen LogP contribution in [0.5, 0.6) is 0 Å². The Hall–Kier alpha value is -2.50. The highest BCUT2D eigenvalue weighted by Gasteiger charge is 2.39. The van der Waals surface area contributed by atoms with Gasteiger partial charge in [0.1, 0.15) is 11.5 Å². The molecule has 0 saturated carbocycles. The quantitative estimate of drug-likeness (QED) is 0.892. The molecule has 0 atom stereocenters. The number of aryl methyl sites for hydroxylation is 1. The molecule has 8 heteroatoms.